The Labute approximate surface area is 135 Å². The van der Waals surface area contributed by atoms with Crippen molar-refractivity contribution in [3.8, 4) is 0 Å². The zero-order chi connectivity index (χ0) is 18.2. The summed E-state index contributed by atoms with van der Waals surface area (Å²) in [6.07, 6.45) is -4.56. The van der Waals surface area contributed by atoms with Gasteiger partial charge in [0.2, 0.25) is 17.7 Å². The molecule has 1 aromatic rings. The number of carbonyl (C=O) groups excluding carboxylic acids is 3. The highest BCUT2D eigenvalue weighted by molar-refractivity contribution is 5.91. The molecule has 0 aliphatic heterocycles. The fourth-order valence-electron chi connectivity index (χ4n) is 1.68. The summed E-state index contributed by atoms with van der Waals surface area (Å²) in [6, 6.07) is 6.64. The Kier molecular flexibility index (Phi) is 7.18. The summed E-state index contributed by atoms with van der Waals surface area (Å²) >= 11 is 0. The Balaban J connectivity index is 2.65. The number of benzene rings is 1. The summed E-state index contributed by atoms with van der Waals surface area (Å²) in [7, 11) is 0. The predicted molar refractivity (Wildman–Crippen MR) is 75.0 cm³/mol. The average molecular weight is 346 g/mol. The highest BCUT2D eigenvalue weighted by Crippen LogP contribution is 2.13. The van der Waals surface area contributed by atoms with Gasteiger partial charge in [0.1, 0.15) is 12.6 Å². The quantitative estimate of drug-likeness (QED) is 0.650. The van der Waals surface area contributed by atoms with Crippen LogP contribution in [0.4, 0.5) is 13.2 Å². The molecule has 10 heteroatoms. The highest BCUT2D eigenvalue weighted by atomic mass is 19.4. The van der Waals surface area contributed by atoms with E-state index >= 15 is 0 Å². The minimum Gasteiger partial charge on any atom is -0.345 e. The van der Waals surface area contributed by atoms with E-state index < -0.39 is 49.6 Å². The van der Waals surface area contributed by atoms with E-state index in [1.807, 2.05) is 0 Å². The van der Waals surface area contributed by atoms with Gasteiger partial charge in [-0.05, 0) is 5.56 Å². The molecule has 1 aromatic carbocycles. The van der Waals surface area contributed by atoms with E-state index in [9.17, 15) is 32.7 Å². The van der Waals surface area contributed by atoms with Gasteiger partial charge in [-0.25, -0.2) is 5.11 Å². The lowest BCUT2D eigenvalue weighted by Crippen LogP contribution is -2.45. The molecule has 1 radical (unpaired) electrons. The molecule has 0 saturated heterocycles. The van der Waals surface area contributed by atoms with Crippen molar-refractivity contribution in [2.45, 2.75) is 12.2 Å². The van der Waals surface area contributed by atoms with Crippen molar-refractivity contribution in [3.63, 3.8) is 0 Å². The lowest BCUT2D eigenvalue weighted by Gasteiger charge is -2.18. The molecule has 7 nitrogen and oxygen atoms in total. The second kappa shape index (κ2) is 8.87. The van der Waals surface area contributed by atoms with Crippen molar-refractivity contribution in [1.82, 2.24) is 16.0 Å². The maximum Gasteiger partial charge on any atom is 0.405 e. The second-order valence-electron chi connectivity index (χ2n) is 4.67. The topological polar surface area (TPSA) is 107 Å². The third kappa shape index (κ3) is 7.09. The minimum absolute atomic E-state index is 0.354. The number of amides is 3. The fourth-order valence-corrected chi connectivity index (χ4v) is 1.68. The van der Waals surface area contributed by atoms with Crippen molar-refractivity contribution < 1.29 is 32.7 Å². The van der Waals surface area contributed by atoms with Gasteiger partial charge in [-0.15, -0.1) is 0 Å². The maximum atomic E-state index is 12.1. The molecule has 0 unspecified atom stereocenters. The van der Waals surface area contributed by atoms with Gasteiger partial charge in [0.05, 0.1) is 6.54 Å². The van der Waals surface area contributed by atoms with E-state index in [4.69, 9.17) is 0 Å². The van der Waals surface area contributed by atoms with Crippen molar-refractivity contribution >= 4 is 17.7 Å². The van der Waals surface area contributed by atoms with Crippen LogP contribution in [-0.4, -0.2) is 43.6 Å². The molecule has 0 bridgehead atoms. The Morgan fingerprint density at radius 2 is 1.62 bits per heavy atom. The monoisotopic (exact) mass is 346 g/mol. The van der Waals surface area contributed by atoms with Crippen molar-refractivity contribution in [3.05, 3.63) is 35.9 Å². The van der Waals surface area contributed by atoms with Crippen LogP contribution in [0, 0.1) is 0 Å². The Morgan fingerprint density at radius 3 is 2.17 bits per heavy atom. The van der Waals surface area contributed by atoms with Gasteiger partial charge in [0, 0.05) is 0 Å². The molecule has 1 rings (SSSR count). The third-order valence-corrected chi connectivity index (χ3v) is 2.74. The molecule has 3 amide bonds. The number of alkyl halides is 3. The lowest BCUT2D eigenvalue weighted by atomic mass is 10.1. The Hall–Kier alpha value is -2.62. The molecule has 0 saturated carbocycles. The summed E-state index contributed by atoms with van der Waals surface area (Å²) in [5.74, 6) is -2.80. The number of halogens is 3. The van der Waals surface area contributed by atoms with E-state index in [2.05, 4.69) is 10.6 Å². The maximum absolute atomic E-state index is 12.1. The first-order valence-corrected chi connectivity index (χ1v) is 6.76. The molecule has 1 atom stereocenters. The largest absolute Gasteiger partial charge is 0.405 e. The molecule has 0 aromatic heterocycles. The summed E-state index contributed by atoms with van der Waals surface area (Å²) < 4.78 is 35.9. The molecule has 0 fully saturated rings. The van der Waals surface area contributed by atoms with Crippen LogP contribution in [0.1, 0.15) is 11.6 Å². The van der Waals surface area contributed by atoms with Crippen molar-refractivity contribution in [2.75, 3.05) is 19.7 Å². The number of nitrogens with one attached hydrogen (secondary N) is 3. The van der Waals surface area contributed by atoms with Crippen LogP contribution in [0.5, 0.6) is 0 Å². The van der Waals surface area contributed by atoms with Crippen molar-refractivity contribution in [1.29, 1.82) is 0 Å². The minimum atomic E-state index is -4.56. The zero-order valence-corrected chi connectivity index (χ0v) is 12.4. The van der Waals surface area contributed by atoms with E-state index in [1.165, 1.54) is 12.1 Å². The summed E-state index contributed by atoms with van der Waals surface area (Å²) in [5.41, 5.74) is 0.354. The van der Waals surface area contributed by atoms with Gasteiger partial charge in [-0.2, -0.15) is 13.2 Å². The first kappa shape index (κ1) is 19.4. The van der Waals surface area contributed by atoms with Gasteiger partial charge in [-0.3, -0.25) is 14.4 Å². The molecular formula is C14H15F3N3O4. The standard InChI is InChI=1S/C14H15F3N3O4/c15-14(16,17)8-19-10(22)6-18-13(24)12(20-11(23)7-21)9-4-2-1-3-5-9/h1-5,12H,6-8H2,(H,18,24)(H,19,22)(H,20,23)/t12-/m1/s1. The third-order valence-electron chi connectivity index (χ3n) is 2.74. The number of hydrogen-bond acceptors (Lipinski definition) is 3. The molecule has 0 spiro atoms. The normalized spacial score (nSPS) is 12.2. The Bertz CT molecular complexity index is 578. The Morgan fingerprint density at radius 1 is 1.00 bits per heavy atom. The predicted octanol–water partition coefficient (Wildman–Crippen LogP) is 0.0691. The van der Waals surface area contributed by atoms with Crippen molar-refractivity contribution in [2.24, 2.45) is 0 Å². The molecule has 24 heavy (non-hydrogen) atoms. The summed E-state index contributed by atoms with van der Waals surface area (Å²) in [6.45, 7) is -3.31. The molecule has 131 valence electrons. The number of rotatable bonds is 7. The van der Waals surface area contributed by atoms with E-state index in [-0.39, 0.29) is 0 Å². The van der Waals surface area contributed by atoms with Gasteiger partial charge < -0.3 is 16.0 Å². The van der Waals surface area contributed by atoms with Crippen LogP contribution in [0.25, 0.3) is 0 Å². The van der Waals surface area contributed by atoms with Crippen LogP contribution in [-0.2, 0) is 19.5 Å². The second-order valence-corrected chi connectivity index (χ2v) is 4.67. The average Bonchev–Trinajstić information content (AvgIpc) is 2.55. The van der Waals surface area contributed by atoms with Crippen LogP contribution >= 0.6 is 0 Å². The SMILES string of the molecule is [O]CC(=O)N[C@@H](C(=O)NCC(=O)NCC(F)(F)F)c1ccccc1. The number of hydrogen-bond donors (Lipinski definition) is 3. The first-order chi connectivity index (χ1) is 11.2. The molecule has 0 aliphatic rings. The first-order valence-electron chi connectivity index (χ1n) is 6.76. The summed E-state index contributed by atoms with van der Waals surface area (Å²) in [4.78, 5) is 34.6. The number of carbonyl (C=O) groups is 3. The van der Waals surface area contributed by atoms with E-state index in [0.29, 0.717) is 5.56 Å². The van der Waals surface area contributed by atoms with Crippen LogP contribution in [0.3, 0.4) is 0 Å². The fraction of sp³-hybridized carbons (Fsp3) is 0.357. The molecule has 0 heterocycles. The molecule has 0 aliphatic carbocycles. The summed E-state index contributed by atoms with van der Waals surface area (Å²) in [5, 5.41) is 16.4. The van der Waals surface area contributed by atoms with E-state index in [0.717, 1.165) is 0 Å². The smallest absolute Gasteiger partial charge is 0.345 e. The lowest BCUT2D eigenvalue weighted by molar-refractivity contribution is -0.138. The van der Waals surface area contributed by atoms with E-state index in [1.54, 1.807) is 23.5 Å². The van der Waals surface area contributed by atoms with Crippen LogP contribution < -0.4 is 16.0 Å². The molecular weight excluding hydrogens is 331 g/mol. The van der Waals surface area contributed by atoms with Gasteiger partial charge >= 0.3 is 6.18 Å². The molecule has 3 N–H and O–H groups in total. The van der Waals surface area contributed by atoms with Crippen LogP contribution in [0.2, 0.25) is 0 Å². The van der Waals surface area contributed by atoms with Gasteiger partial charge in [0.15, 0.2) is 6.61 Å². The van der Waals surface area contributed by atoms with Crippen LogP contribution in [0.15, 0.2) is 30.3 Å². The zero-order valence-electron chi connectivity index (χ0n) is 12.4. The van der Waals surface area contributed by atoms with Gasteiger partial charge in [-0.1, -0.05) is 30.3 Å². The highest BCUT2D eigenvalue weighted by Gasteiger charge is 2.28. The van der Waals surface area contributed by atoms with Gasteiger partial charge in [0.25, 0.3) is 0 Å².